The van der Waals surface area contributed by atoms with E-state index < -0.39 is 0 Å². The third kappa shape index (κ3) is 5.54. The van der Waals surface area contributed by atoms with Crippen LogP contribution in [0.5, 0.6) is 5.75 Å². The Balaban J connectivity index is 1.69. The van der Waals surface area contributed by atoms with E-state index in [0.29, 0.717) is 24.7 Å². The van der Waals surface area contributed by atoms with Crippen molar-refractivity contribution in [3.8, 4) is 5.75 Å². The third-order valence-electron chi connectivity index (χ3n) is 4.56. The highest BCUT2D eigenvalue weighted by Gasteiger charge is 2.20. The molecule has 0 atom stereocenters. The van der Waals surface area contributed by atoms with E-state index in [9.17, 15) is 4.79 Å². The van der Waals surface area contributed by atoms with Gasteiger partial charge in [0.05, 0.1) is 7.11 Å². The Bertz CT molecular complexity index is 927. The van der Waals surface area contributed by atoms with Crippen LogP contribution in [0, 0.1) is 0 Å². The van der Waals surface area contributed by atoms with Gasteiger partial charge in [0.15, 0.2) is 0 Å². The highest BCUT2D eigenvalue weighted by atomic mass is 16.5. The normalized spacial score (nSPS) is 10.6. The number of rotatable bonds is 8. The summed E-state index contributed by atoms with van der Waals surface area (Å²) in [6.45, 7) is 5.10. The Labute approximate surface area is 171 Å². The molecule has 1 N–H and O–H groups in total. The molecule has 0 spiro atoms. The molecule has 1 aromatic heterocycles. The van der Waals surface area contributed by atoms with E-state index in [1.54, 1.807) is 19.4 Å². The number of nitrogens with zero attached hydrogens (tertiary/aromatic N) is 3. The second-order valence-corrected chi connectivity index (χ2v) is 6.98. The molecule has 0 aliphatic rings. The van der Waals surface area contributed by atoms with Gasteiger partial charge in [-0.15, -0.1) is 0 Å². The van der Waals surface area contributed by atoms with Gasteiger partial charge in [0, 0.05) is 25.3 Å². The number of carbonyl (C=O) groups excluding carboxylic acids is 1. The molecular formula is C23H26N4O2. The van der Waals surface area contributed by atoms with Crippen LogP contribution in [-0.4, -0.2) is 33.9 Å². The van der Waals surface area contributed by atoms with Crippen LogP contribution in [0.15, 0.2) is 66.9 Å². The summed E-state index contributed by atoms with van der Waals surface area (Å²) in [6.07, 6.45) is 1.61. The molecule has 1 amide bonds. The van der Waals surface area contributed by atoms with Crippen molar-refractivity contribution in [1.29, 1.82) is 0 Å². The van der Waals surface area contributed by atoms with E-state index >= 15 is 0 Å². The zero-order chi connectivity index (χ0) is 20.6. The number of amides is 1. The predicted octanol–water partition coefficient (Wildman–Crippen LogP) is 4.15. The van der Waals surface area contributed by atoms with Crippen LogP contribution in [0.3, 0.4) is 0 Å². The molecule has 0 unspecified atom stereocenters. The van der Waals surface area contributed by atoms with Gasteiger partial charge < -0.3 is 15.0 Å². The average Bonchev–Trinajstić information content (AvgIpc) is 2.76. The Morgan fingerprint density at radius 1 is 1.03 bits per heavy atom. The fraction of sp³-hybridized carbons (Fsp3) is 0.261. The van der Waals surface area contributed by atoms with E-state index in [0.717, 1.165) is 16.9 Å². The minimum absolute atomic E-state index is 0.0494. The Kier molecular flexibility index (Phi) is 6.79. The van der Waals surface area contributed by atoms with E-state index in [1.807, 2.05) is 73.3 Å². The largest absolute Gasteiger partial charge is 0.497 e. The molecule has 29 heavy (non-hydrogen) atoms. The summed E-state index contributed by atoms with van der Waals surface area (Å²) in [5.74, 6) is 1.12. The number of methoxy groups -OCH3 is 1. The van der Waals surface area contributed by atoms with Crippen molar-refractivity contribution >= 4 is 11.9 Å². The molecule has 0 saturated heterocycles. The van der Waals surface area contributed by atoms with Crippen LogP contribution >= 0.6 is 0 Å². The minimum atomic E-state index is -0.112. The zero-order valence-corrected chi connectivity index (χ0v) is 17.0. The molecular weight excluding hydrogens is 364 g/mol. The zero-order valence-electron chi connectivity index (χ0n) is 17.0. The quantitative estimate of drug-likeness (QED) is 0.626. The van der Waals surface area contributed by atoms with Gasteiger partial charge in [-0.05, 0) is 43.2 Å². The van der Waals surface area contributed by atoms with Gasteiger partial charge in [0.1, 0.15) is 11.4 Å². The molecule has 3 aromatic rings. The fourth-order valence-corrected chi connectivity index (χ4v) is 2.90. The van der Waals surface area contributed by atoms with Crippen molar-refractivity contribution < 1.29 is 9.53 Å². The predicted molar refractivity (Wildman–Crippen MR) is 114 cm³/mol. The lowest BCUT2D eigenvalue weighted by atomic mass is 10.1. The molecule has 2 aromatic carbocycles. The van der Waals surface area contributed by atoms with Crippen LogP contribution in [0.4, 0.5) is 5.95 Å². The van der Waals surface area contributed by atoms with Crippen molar-refractivity contribution in [3.05, 3.63) is 83.7 Å². The smallest absolute Gasteiger partial charge is 0.273 e. The van der Waals surface area contributed by atoms with Crippen LogP contribution in [0.25, 0.3) is 0 Å². The minimum Gasteiger partial charge on any atom is -0.497 e. The van der Waals surface area contributed by atoms with Gasteiger partial charge >= 0.3 is 0 Å². The molecule has 0 bridgehead atoms. The molecule has 0 aliphatic heterocycles. The van der Waals surface area contributed by atoms with Crippen molar-refractivity contribution in [2.75, 3.05) is 12.4 Å². The van der Waals surface area contributed by atoms with E-state index in [1.165, 1.54) is 0 Å². The van der Waals surface area contributed by atoms with E-state index in [4.69, 9.17) is 4.74 Å². The summed E-state index contributed by atoms with van der Waals surface area (Å²) >= 11 is 0. The summed E-state index contributed by atoms with van der Waals surface area (Å²) in [5.41, 5.74) is 2.53. The molecule has 0 fully saturated rings. The first-order chi connectivity index (χ1) is 14.1. The Hall–Kier alpha value is -3.41. The second kappa shape index (κ2) is 9.68. The first kappa shape index (κ1) is 20.3. The topological polar surface area (TPSA) is 67.3 Å². The van der Waals surface area contributed by atoms with Crippen molar-refractivity contribution in [3.63, 3.8) is 0 Å². The lowest BCUT2D eigenvalue weighted by molar-refractivity contribution is 0.0684. The highest BCUT2D eigenvalue weighted by molar-refractivity contribution is 5.92. The molecule has 1 heterocycles. The maximum atomic E-state index is 13.1. The average molecular weight is 390 g/mol. The standard InChI is InChI=1S/C23H26N4O2/c1-17(2)27(16-19-7-5-4-6-8-19)22(28)21-13-14-24-23(26-21)25-15-18-9-11-20(29-3)12-10-18/h4-14,17H,15-16H2,1-3H3,(H,24,25,26). The monoisotopic (exact) mass is 390 g/mol. The third-order valence-corrected chi connectivity index (χ3v) is 4.56. The molecule has 6 nitrogen and oxygen atoms in total. The molecule has 0 saturated carbocycles. The summed E-state index contributed by atoms with van der Waals surface area (Å²) < 4.78 is 5.17. The molecule has 0 radical (unpaired) electrons. The molecule has 3 rings (SSSR count). The summed E-state index contributed by atoms with van der Waals surface area (Å²) in [4.78, 5) is 23.6. The fourth-order valence-electron chi connectivity index (χ4n) is 2.90. The number of nitrogens with one attached hydrogen (secondary N) is 1. The number of aromatic nitrogens is 2. The number of benzene rings is 2. The highest BCUT2D eigenvalue weighted by Crippen LogP contribution is 2.15. The SMILES string of the molecule is COc1ccc(CNc2nccc(C(=O)N(Cc3ccccc3)C(C)C)n2)cc1. The number of carbonyl (C=O) groups is 1. The molecule has 0 aliphatic carbocycles. The number of hydrogen-bond donors (Lipinski definition) is 1. The molecule has 150 valence electrons. The van der Waals surface area contributed by atoms with Crippen molar-refractivity contribution in [2.45, 2.75) is 33.0 Å². The first-order valence-corrected chi connectivity index (χ1v) is 9.61. The summed E-state index contributed by atoms with van der Waals surface area (Å²) in [6, 6.07) is 19.4. The van der Waals surface area contributed by atoms with Gasteiger partial charge in [-0.25, -0.2) is 9.97 Å². The summed E-state index contributed by atoms with van der Waals surface area (Å²) in [7, 11) is 1.64. The van der Waals surface area contributed by atoms with Crippen LogP contribution < -0.4 is 10.1 Å². The van der Waals surface area contributed by atoms with Crippen LogP contribution in [0.2, 0.25) is 0 Å². The Morgan fingerprint density at radius 3 is 2.41 bits per heavy atom. The van der Waals surface area contributed by atoms with Crippen molar-refractivity contribution in [1.82, 2.24) is 14.9 Å². The maximum Gasteiger partial charge on any atom is 0.273 e. The van der Waals surface area contributed by atoms with Gasteiger partial charge in [-0.3, -0.25) is 4.79 Å². The van der Waals surface area contributed by atoms with Gasteiger partial charge in [-0.2, -0.15) is 0 Å². The molecule has 6 heteroatoms. The van der Waals surface area contributed by atoms with Gasteiger partial charge in [0.2, 0.25) is 5.95 Å². The number of ether oxygens (including phenoxy) is 1. The first-order valence-electron chi connectivity index (χ1n) is 9.61. The summed E-state index contributed by atoms with van der Waals surface area (Å²) in [5, 5.41) is 3.18. The van der Waals surface area contributed by atoms with E-state index in [-0.39, 0.29) is 11.9 Å². The maximum absolute atomic E-state index is 13.1. The Morgan fingerprint density at radius 2 is 1.76 bits per heavy atom. The number of hydrogen-bond acceptors (Lipinski definition) is 5. The lowest BCUT2D eigenvalue weighted by Crippen LogP contribution is -2.37. The van der Waals surface area contributed by atoms with Gasteiger partial charge in [-0.1, -0.05) is 42.5 Å². The van der Waals surface area contributed by atoms with Crippen LogP contribution in [0.1, 0.15) is 35.5 Å². The lowest BCUT2D eigenvalue weighted by Gasteiger charge is -2.26. The van der Waals surface area contributed by atoms with Crippen molar-refractivity contribution in [2.24, 2.45) is 0 Å². The second-order valence-electron chi connectivity index (χ2n) is 6.98. The number of anilines is 1. The van der Waals surface area contributed by atoms with Gasteiger partial charge in [0.25, 0.3) is 5.91 Å². The van der Waals surface area contributed by atoms with Crippen LogP contribution in [-0.2, 0) is 13.1 Å². The van der Waals surface area contributed by atoms with E-state index in [2.05, 4.69) is 15.3 Å².